The molecule has 1 saturated heterocycles. The number of carbonyl (C=O) groups excluding carboxylic acids is 2. The Kier molecular flexibility index (Phi) is 6.67. The summed E-state index contributed by atoms with van der Waals surface area (Å²) in [5, 5.41) is 2.87. The Hall–Kier alpha value is -2.19. The predicted molar refractivity (Wildman–Crippen MR) is 120 cm³/mol. The van der Waals surface area contributed by atoms with E-state index in [1.165, 1.54) is 30.9 Å². The largest absolute Gasteiger partial charge is 0.341 e. The van der Waals surface area contributed by atoms with Crippen LogP contribution in [0.4, 0.5) is 5.69 Å². The minimum absolute atomic E-state index is 0.0967. The van der Waals surface area contributed by atoms with E-state index in [1.807, 2.05) is 18.2 Å². The molecule has 2 aromatic carbocycles. The molecule has 2 aromatic rings. The summed E-state index contributed by atoms with van der Waals surface area (Å²) in [6.45, 7) is 3.50. The number of sulfone groups is 1. The number of benzene rings is 2. The smallest absolute Gasteiger partial charge is 0.243 e. The number of carbonyl (C=O) groups is 2. The fourth-order valence-corrected chi connectivity index (χ4v) is 5.25. The average Bonchev–Trinajstić information content (AvgIpc) is 2.74. The fraction of sp³-hybridized carbons (Fsp3) is 0.364. The van der Waals surface area contributed by atoms with Crippen LogP contribution in [0.2, 0.25) is 0 Å². The van der Waals surface area contributed by atoms with E-state index in [2.05, 4.69) is 21.2 Å². The summed E-state index contributed by atoms with van der Waals surface area (Å²) in [5.41, 5.74) is 0.698. The summed E-state index contributed by atoms with van der Waals surface area (Å²) in [6, 6.07) is 15.4. The standard InChI is InChI=1S/C22H25BrN2O4S/c1-22(2,30(28,29)19-12-10-17(23)11-13-19)21(27)25-14-6-7-16(15-25)20(26)24-18-8-4-3-5-9-18/h3-5,8-13,16H,6-7,14-15H2,1-2H3,(H,24,26). The highest BCUT2D eigenvalue weighted by molar-refractivity contribution is 9.10. The molecular weight excluding hydrogens is 468 g/mol. The number of nitrogens with zero attached hydrogens (tertiary/aromatic N) is 1. The molecule has 8 heteroatoms. The Labute approximate surface area is 185 Å². The predicted octanol–water partition coefficient (Wildman–Crippen LogP) is 3.88. The third-order valence-corrected chi connectivity index (χ3v) is 8.37. The first-order valence-corrected chi connectivity index (χ1v) is 12.1. The van der Waals surface area contributed by atoms with Gasteiger partial charge < -0.3 is 10.2 Å². The van der Waals surface area contributed by atoms with Gasteiger partial charge in [0.1, 0.15) is 4.75 Å². The molecule has 1 aliphatic heterocycles. The van der Waals surface area contributed by atoms with Crippen molar-refractivity contribution in [3.63, 3.8) is 0 Å². The summed E-state index contributed by atoms with van der Waals surface area (Å²) in [6.07, 6.45) is 1.30. The summed E-state index contributed by atoms with van der Waals surface area (Å²) in [5.74, 6) is -1.02. The van der Waals surface area contributed by atoms with E-state index in [0.717, 1.165) is 4.47 Å². The lowest BCUT2D eigenvalue weighted by Gasteiger charge is -2.36. The molecule has 0 aromatic heterocycles. The molecule has 1 atom stereocenters. The number of piperidine rings is 1. The summed E-state index contributed by atoms with van der Waals surface area (Å²) in [7, 11) is -3.90. The number of amides is 2. The number of rotatable bonds is 5. The van der Waals surface area contributed by atoms with E-state index in [4.69, 9.17) is 0 Å². The zero-order chi connectivity index (χ0) is 21.9. The number of nitrogens with one attached hydrogen (secondary N) is 1. The number of anilines is 1. The topological polar surface area (TPSA) is 83.6 Å². The van der Waals surface area contributed by atoms with Crippen LogP contribution in [0.1, 0.15) is 26.7 Å². The van der Waals surface area contributed by atoms with Gasteiger partial charge in [0.25, 0.3) is 0 Å². The molecule has 1 fully saturated rings. The second-order valence-corrected chi connectivity index (χ2v) is 11.3. The lowest BCUT2D eigenvalue weighted by Crippen LogP contribution is -2.53. The molecule has 0 aliphatic carbocycles. The minimum atomic E-state index is -3.90. The van der Waals surface area contributed by atoms with Gasteiger partial charge in [0.05, 0.1) is 10.8 Å². The first-order chi connectivity index (χ1) is 14.1. The van der Waals surface area contributed by atoms with E-state index in [1.54, 1.807) is 24.3 Å². The Morgan fingerprint density at radius 2 is 1.70 bits per heavy atom. The van der Waals surface area contributed by atoms with Crippen molar-refractivity contribution in [2.45, 2.75) is 36.3 Å². The summed E-state index contributed by atoms with van der Waals surface area (Å²) in [4.78, 5) is 27.5. The highest BCUT2D eigenvalue weighted by Gasteiger charge is 2.46. The molecule has 0 spiro atoms. The molecule has 1 aliphatic rings. The second kappa shape index (κ2) is 8.89. The van der Waals surface area contributed by atoms with Gasteiger partial charge in [0.2, 0.25) is 11.8 Å². The quantitative estimate of drug-likeness (QED) is 0.686. The van der Waals surface area contributed by atoms with Crippen LogP contribution in [0.3, 0.4) is 0 Å². The lowest BCUT2D eigenvalue weighted by atomic mass is 9.96. The maximum Gasteiger partial charge on any atom is 0.243 e. The maximum absolute atomic E-state index is 13.2. The van der Waals surface area contributed by atoms with Gasteiger partial charge in [-0.05, 0) is 63.1 Å². The molecule has 3 rings (SSSR count). The Bertz CT molecular complexity index is 1020. The van der Waals surface area contributed by atoms with Gasteiger partial charge in [-0.1, -0.05) is 34.1 Å². The lowest BCUT2D eigenvalue weighted by molar-refractivity contribution is -0.136. The molecule has 1 heterocycles. The van der Waals surface area contributed by atoms with Crippen molar-refractivity contribution in [1.82, 2.24) is 4.90 Å². The molecule has 0 radical (unpaired) electrons. The van der Waals surface area contributed by atoms with Crippen molar-refractivity contribution in [1.29, 1.82) is 0 Å². The van der Waals surface area contributed by atoms with Crippen LogP contribution in [-0.4, -0.2) is 43.0 Å². The Morgan fingerprint density at radius 1 is 1.07 bits per heavy atom. The van der Waals surface area contributed by atoms with Crippen molar-refractivity contribution in [2.75, 3.05) is 18.4 Å². The van der Waals surface area contributed by atoms with Crippen molar-refractivity contribution >= 4 is 43.3 Å². The molecule has 6 nitrogen and oxygen atoms in total. The van der Waals surface area contributed by atoms with Crippen LogP contribution in [0.15, 0.2) is 64.0 Å². The Balaban J connectivity index is 1.75. The van der Waals surface area contributed by atoms with E-state index < -0.39 is 20.5 Å². The summed E-state index contributed by atoms with van der Waals surface area (Å²) >= 11 is 3.29. The van der Waals surface area contributed by atoms with Gasteiger partial charge in [-0.15, -0.1) is 0 Å². The molecule has 1 unspecified atom stereocenters. The van der Waals surface area contributed by atoms with E-state index >= 15 is 0 Å². The number of halogens is 1. The number of hydrogen-bond acceptors (Lipinski definition) is 4. The third kappa shape index (κ3) is 4.59. The van der Waals surface area contributed by atoms with E-state index in [0.29, 0.717) is 25.1 Å². The SMILES string of the molecule is CC(C)(C(=O)N1CCCC(C(=O)Nc2ccccc2)C1)S(=O)(=O)c1ccc(Br)cc1. The average molecular weight is 493 g/mol. The first kappa shape index (κ1) is 22.5. The molecule has 0 bridgehead atoms. The van der Waals surface area contributed by atoms with Crippen molar-refractivity contribution in [3.8, 4) is 0 Å². The normalized spacial score (nSPS) is 17.4. The van der Waals surface area contributed by atoms with Crippen LogP contribution in [0.5, 0.6) is 0 Å². The fourth-order valence-electron chi connectivity index (χ4n) is 3.55. The van der Waals surface area contributed by atoms with Gasteiger partial charge in [0, 0.05) is 23.2 Å². The van der Waals surface area contributed by atoms with E-state index in [9.17, 15) is 18.0 Å². The number of para-hydroxylation sites is 1. The van der Waals surface area contributed by atoms with Gasteiger partial charge in [-0.3, -0.25) is 9.59 Å². The van der Waals surface area contributed by atoms with Crippen molar-refractivity contribution in [2.24, 2.45) is 5.92 Å². The van der Waals surface area contributed by atoms with Crippen LogP contribution in [0, 0.1) is 5.92 Å². The van der Waals surface area contributed by atoms with Crippen LogP contribution in [-0.2, 0) is 19.4 Å². The maximum atomic E-state index is 13.2. The highest BCUT2D eigenvalue weighted by Crippen LogP contribution is 2.30. The van der Waals surface area contributed by atoms with Crippen molar-refractivity contribution < 1.29 is 18.0 Å². The number of likely N-dealkylation sites (tertiary alicyclic amines) is 1. The molecule has 0 saturated carbocycles. The molecule has 160 valence electrons. The van der Waals surface area contributed by atoms with Gasteiger partial charge in [-0.25, -0.2) is 8.42 Å². The molecule has 30 heavy (non-hydrogen) atoms. The zero-order valence-electron chi connectivity index (χ0n) is 17.0. The molecule has 2 amide bonds. The summed E-state index contributed by atoms with van der Waals surface area (Å²) < 4.78 is 25.4. The third-order valence-electron chi connectivity index (χ3n) is 5.43. The van der Waals surface area contributed by atoms with Crippen LogP contribution < -0.4 is 5.32 Å². The first-order valence-electron chi connectivity index (χ1n) is 9.78. The van der Waals surface area contributed by atoms with Gasteiger partial charge in [-0.2, -0.15) is 0 Å². The molecule has 1 N–H and O–H groups in total. The van der Waals surface area contributed by atoms with E-state index in [-0.39, 0.29) is 23.3 Å². The number of hydrogen-bond donors (Lipinski definition) is 1. The highest BCUT2D eigenvalue weighted by atomic mass is 79.9. The minimum Gasteiger partial charge on any atom is -0.341 e. The monoisotopic (exact) mass is 492 g/mol. The van der Waals surface area contributed by atoms with Crippen molar-refractivity contribution in [3.05, 3.63) is 59.1 Å². The van der Waals surface area contributed by atoms with Gasteiger partial charge >= 0.3 is 0 Å². The van der Waals surface area contributed by atoms with Crippen LogP contribution in [0.25, 0.3) is 0 Å². The second-order valence-electron chi connectivity index (χ2n) is 7.91. The Morgan fingerprint density at radius 3 is 2.33 bits per heavy atom. The van der Waals surface area contributed by atoms with Crippen LogP contribution >= 0.6 is 15.9 Å². The zero-order valence-corrected chi connectivity index (χ0v) is 19.4. The molecular formula is C22H25BrN2O4S. The van der Waals surface area contributed by atoms with Gasteiger partial charge in [0.15, 0.2) is 9.84 Å².